The number of nitrogens with one attached hydrogen (secondary N) is 2. The van der Waals surface area contributed by atoms with Crippen molar-refractivity contribution in [3.63, 3.8) is 0 Å². The van der Waals surface area contributed by atoms with E-state index in [1.54, 1.807) is 0 Å². The van der Waals surface area contributed by atoms with Gasteiger partial charge in [-0.2, -0.15) is 22.0 Å². The highest BCUT2D eigenvalue weighted by molar-refractivity contribution is 7.80. The average molecular weight is 501 g/mol. The van der Waals surface area contributed by atoms with Gasteiger partial charge >= 0.3 is 18.5 Å². The molecule has 0 heterocycles. The van der Waals surface area contributed by atoms with Gasteiger partial charge in [-0.25, -0.2) is 8.78 Å². The molecule has 0 aliphatic rings. The summed E-state index contributed by atoms with van der Waals surface area (Å²) in [7, 11) is 0. The maximum absolute atomic E-state index is 13.1. The predicted molar refractivity (Wildman–Crippen MR) is 107 cm³/mol. The van der Waals surface area contributed by atoms with E-state index in [2.05, 4.69) is 20.1 Å². The molecule has 7 nitrogen and oxygen atoms in total. The molecule has 15 heteroatoms. The Bertz CT molecular complexity index is 988. The van der Waals surface area contributed by atoms with Crippen molar-refractivity contribution in [3.8, 4) is 11.5 Å². The molecule has 0 aromatic heterocycles. The number of halogens is 7. The molecular weight excluding hydrogens is 487 g/mol. The molecule has 0 unspecified atom stereocenters. The minimum Gasteiger partial charge on any atom is -0.487 e. The van der Waals surface area contributed by atoms with Crippen molar-refractivity contribution in [2.24, 2.45) is 0 Å². The molecular formula is C18H14F7N3O4S. The molecule has 0 fully saturated rings. The zero-order valence-corrected chi connectivity index (χ0v) is 17.0. The van der Waals surface area contributed by atoms with E-state index in [1.165, 1.54) is 24.3 Å². The van der Waals surface area contributed by atoms with Crippen LogP contribution in [0.2, 0.25) is 0 Å². The van der Waals surface area contributed by atoms with Crippen molar-refractivity contribution in [1.29, 1.82) is 0 Å². The third-order valence-corrected chi connectivity index (χ3v) is 3.83. The van der Waals surface area contributed by atoms with Crippen LogP contribution in [0.1, 0.15) is 0 Å². The van der Waals surface area contributed by atoms with Gasteiger partial charge < -0.3 is 20.1 Å². The molecule has 180 valence electrons. The lowest BCUT2D eigenvalue weighted by Gasteiger charge is -2.18. The van der Waals surface area contributed by atoms with E-state index in [0.717, 1.165) is 18.2 Å². The second-order valence-corrected chi connectivity index (χ2v) is 6.74. The van der Waals surface area contributed by atoms with Crippen molar-refractivity contribution in [2.45, 2.75) is 18.5 Å². The van der Waals surface area contributed by atoms with Crippen molar-refractivity contribution >= 4 is 34.4 Å². The van der Waals surface area contributed by atoms with Crippen LogP contribution in [0.5, 0.6) is 11.5 Å². The number of alkyl halides is 7. The molecule has 0 spiro atoms. The number of thiocarbonyl (C=S) groups is 1. The monoisotopic (exact) mass is 501 g/mol. The molecule has 2 aromatic rings. The van der Waals surface area contributed by atoms with Crippen LogP contribution < -0.4 is 20.1 Å². The molecule has 0 saturated carbocycles. The van der Waals surface area contributed by atoms with Crippen molar-refractivity contribution in [1.82, 2.24) is 0 Å². The van der Waals surface area contributed by atoms with E-state index >= 15 is 0 Å². The number of rotatable bonds is 9. The lowest BCUT2D eigenvalue weighted by Crippen LogP contribution is -2.33. The second kappa shape index (κ2) is 10.5. The smallest absolute Gasteiger partial charge is 0.422 e. The molecule has 33 heavy (non-hydrogen) atoms. The van der Waals surface area contributed by atoms with Crippen LogP contribution in [0.25, 0.3) is 0 Å². The third kappa shape index (κ3) is 8.59. The van der Waals surface area contributed by atoms with Gasteiger partial charge in [-0.05, 0) is 24.4 Å². The first-order chi connectivity index (χ1) is 15.2. The second-order valence-electron chi connectivity index (χ2n) is 6.33. The Hall–Kier alpha value is -3.36. The molecule has 2 N–H and O–H groups in total. The summed E-state index contributed by atoms with van der Waals surface area (Å²) in [5.74, 6) is -5.45. The molecule has 0 bridgehead atoms. The van der Waals surface area contributed by atoms with Gasteiger partial charge in [0.1, 0.15) is 11.5 Å². The first kappa shape index (κ1) is 25.9. The summed E-state index contributed by atoms with van der Waals surface area (Å²) < 4.78 is 97.4. The zero-order valence-electron chi connectivity index (χ0n) is 16.2. The summed E-state index contributed by atoms with van der Waals surface area (Å²) in [4.78, 5) is 10.1. The van der Waals surface area contributed by atoms with Crippen LogP contribution in [0, 0.1) is 10.1 Å². The molecule has 0 saturated heterocycles. The Morgan fingerprint density at radius 2 is 1.45 bits per heavy atom. The zero-order chi connectivity index (χ0) is 24.8. The van der Waals surface area contributed by atoms with Crippen molar-refractivity contribution < 1.29 is 45.1 Å². The quantitative estimate of drug-likeness (QED) is 0.200. The topological polar surface area (TPSA) is 85.7 Å². The highest BCUT2D eigenvalue weighted by Crippen LogP contribution is 2.30. The first-order valence-corrected chi connectivity index (χ1v) is 9.12. The Morgan fingerprint density at radius 1 is 0.939 bits per heavy atom. The summed E-state index contributed by atoms with van der Waals surface area (Å²) in [6, 6.07) is 7.90. The van der Waals surface area contributed by atoms with Crippen LogP contribution in [0.3, 0.4) is 0 Å². The van der Waals surface area contributed by atoms with E-state index in [4.69, 9.17) is 12.2 Å². The van der Waals surface area contributed by atoms with Crippen LogP contribution in [0.4, 0.5) is 47.8 Å². The number of hydrogen-bond donors (Lipinski definition) is 2. The van der Waals surface area contributed by atoms with Crippen LogP contribution in [-0.4, -0.2) is 41.8 Å². The van der Waals surface area contributed by atoms with Crippen molar-refractivity contribution in [3.05, 3.63) is 52.6 Å². The van der Waals surface area contributed by atoms with Crippen molar-refractivity contribution in [2.75, 3.05) is 23.8 Å². The molecule has 0 aliphatic carbocycles. The van der Waals surface area contributed by atoms with Gasteiger partial charge in [0.2, 0.25) is 0 Å². The minimum absolute atomic E-state index is 0.0792. The summed E-state index contributed by atoms with van der Waals surface area (Å²) in [5.41, 5.74) is 0.0522. The average Bonchev–Trinajstić information content (AvgIpc) is 2.70. The van der Waals surface area contributed by atoms with Crippen LogP contribution in [0.15, 0.2) is 42.5 Å². The number of nitrogens with zero attached hydrogens (tertiary/aromatic N) is 1. The summed E-state index contributed by atoms with van der Waals surface area (Å²) in [6.45, 7) is -3.45. The standard InChI is InChI=1S/C18H14F7N3O4S/c19-15(20)17(21,22)8-31-13-5-11(6-14(7-13)32-9-18(23,24)25)27-16(33)26-10-1-3-12(4-2-10)28(29)30/h1-7,15H,8-9H2,(H2,26,27,33). The fourth-order valence-corrected chi connectivity index (χ4v) is 2.41. The lowest BCUT2D eigenvalue weighted by molar-refractivity contribution is -0.384. The van der Waals surface area contributed by atoms with Gasteiger partial charge in [0.05, 0.1) is 4.92 Å². The third-order valence-electron chi connectivity index (χ3n) is 3.63. The highest BCUT2D eigenvalue weighted by Gasteiger charge is 2.41. The number of ether oxygens (including phenoxy) is 2. The van der Waals surface area contributed by atoms with Gasteiger partial charge in [0.25, 0.3) is 5.69 Å². The summed E-state index contributed by atoms with van der Waals surface area (Å²) in [6.07, 6.45) is -8.72. The number of nitro benzene ring substituents is 1. The molecule has 2 aromatic carbocycles. The van der Waals surface area contributed by atoms with E-state index in [1.807, 2.05) is 0 Å². The molecule has 2 rings (SSSR count). The minimum atomic E-state index is -4.71. The van der Waals surface area contributed by atoms with Gasteiger partial charge in [-0.3, -0.25) is 10.1 Å². The van der Waals surface area contributed by atoms with Gasteiger partial charge in [0.15, 0.2) is 18.3 Å². The van der Waals surface area contributed by atoms with E-state index in [-0.39, 0.29) is 16.5 Å². The normalized spacial score (nSPS) is 11.8. The summed E-state index contributed by atoms with van der Waals surface area (Å²) >= 11 is 5.03. The van der Waals surface area contributed by atoms with E-state index < -0.39 is 48.2 Å². The van der Waals surface area contributed by atoms with Gasteiger partial charge in [0, 0.05) is 41.7 Å². The van der Waals surface area contributed by atoms with Gasteiger partial charge in [-0.1, -0.05) is 0 Å². The van der Waals surface area contributed by atoms with Gasteiger partial charge in [-0.15, -0.1) is 0 Å². The number of hydrogen-bond acceptors (Lipinski definition) is 5. The number of benzene rings is 2. The fraction of sp³-hybridized carbons (Fsp3) is 0.278. The summed E-state index contributed by atoms with van der Waals surface area (Å²) in [5, 5.41) is 15.7. The SMILES string of the molecule is O=[N+]([O-])c1ccc(NC(=S)Nc2cc(OCC(F)(F)F)cc(OCC(F)(F)C(F)F)c2)cc1. The molecule has 0 atom stereocenters. The number of non-ortho nitro benzene ring substituents is 1. The maximum atomic E-state index is 13.1. The largest absolute Gasteiger partial charge is 0.487 e. The van der Waals surface area contributed by atoms with Crippen LogP contribution >= 0.6 is 12.2 Å². The molecule has 0 aliphatic heterocycles. The highest BCUT2D eigenvalue weighted by atomic mass is 32.1. The Kier molecular flexibility index (Phi) is 8.24. The Balaban J connectivity index is 2.16. The molecule has 0 amide bonds. The predicted octanol–water partition coefficient (Wildman–Crippen LogP) is 5.62. The Labute approximate surface area is 186 Å². The Morgan fingerprint density at radius 3 is 1.94 bits per heavy atom. The van der Waals surface area contributed by atoms with E-state index in [9.17, 15) is 40.8 Å². The number of anilines is 2. The fourth-order valence-electron chi connectivity index (χ4n) is 2.18. The lowest BCUT2D eigenvalue weighted by atomic mass is 10.2. The first-order valence-electron chi connectivity index (χ1n) is 8.71. The number of nitro groups is 1. The van der Waals surface area contributed by atoms with E-state index in [0.29, 0.717) is 5.69 Å². The van der Waals surface area contributed by atoms with Crippen LogP contribution in [-0.2, 0) is 0 Å². The maximum Gasteiger partial charge on any atom is 0.422 e. The molecule has 0 radical (unpaired) electrons.